The first-order chi connectivity index (χ1) is 12.3. The fraction of sp³-hybridized carbons (Fsp3) is 0.318. The number of nitrogens with one attached hydrogen (secondary N) is 1. The number of carbonyl (C=O) groups excluding carboxylic acids is 1. The fourth-order valence-electron chi connectivity index (χ4n) is 3.94. The Labute approximate surface area is 148 Å². The quantitative estimate of drug-likeness (QED) is 0.792. The van der Waals surface area contributed by atoms with Crippen molar-refractivity contribution in [3.05, 3.63) is 72.3 Å². The average Bonchev–Trinajstić information content (AvgIpc) is 2.92. The predicted molar refractivity (Wildman–Crippen MR) is 99.5 cm³/mol. The van der Waals surface area contributed by atoms with Gasteiger partial charge in [-0.3, -0.25) is 0 Å². The molecule has 2 aliphatic rings. The first-order valence-corrected chi connectivity index (χ1v) is 9.02. The zero-order chi connectivity index (χ0) is 17.2. The van der Waals surface area contributed by atoms with Crippen molar-refractivity contribution in [1.29, 1.82) is 0 Å². The minimum Gasteiger partial charge on any atom is -0.449 e. The number of hydrogen-bond donors (Lipinski definition) is 1. The van der Waals surface area contributed by atoms with Gasteiger partial charge in [0, 0.05) is 5.92 Å². The summed E-state index contributed by atoms with van der Waals surface area (Å²) >= 11 is 0. The Morgan fingerprint density at radius 2 is 1.72 bits per heavy atom. The lowest BCUT2D eigenvalue weighted by atomic mass is 9.80. The summed E-state index contributed by atoms with van der Waals surface area (Å²) in [6.45, 7) is 4.20. The van der Waals surface area contributed by atoms with Gasteiger partial charge < -0.3 is 10.1 Å². The van der Waals surface area contributed by atoms with E-state index in [2.05, 4.69) is 48.3 Å². The fourth-order valence-corrected chi connectivity index (χ4v) is 3.94. The highest BCUT2D eigenvalue weighted by atomic mass is 16.5. The van der Waals surface area contributed by atoms with E-state index in [4.69, 9.17) is 4.74 Å². The maximum Gasteiger partial charge on any atom is 0.407 e. The molecule has 0 bridgehead atoms. The largest absolute Gasteiger partial charge is 0.449 e. The summed E-state index contributed by atoms with van der Waals surface area (Å²) in [6.07, 6.45) is 5.02. The van der Waals surface area contributed by atoms with E-state index in [1.54, 1.807) is 0 Å². The van der Waals surface area contributed by atoms with E-state index >= 15 is 0 Å². The molecule has 0 aromatic heterocycles. The third-order valence-electron chi connectivity index (χ3n) is 5.54. The smallest absolute Gasteiger partial charge is 0.407 e. The molecule has 3 heteroatoms. The van der Waals surface area contributed by atoms with Crippen molar-refractivity contribution in [2.45, 2.75) is 31.2 Å². The summed E-state index contributed by atoms with van der Waals surface area (Å²) < 4.78 is 5.59. The SMILES string of the molecule is C=CC(NC(=O)OCC1c2ccccc2-c2ccccc21)C1CCC1. The molecule has 2 aliphatic carbocycles. The van der Waals surface area contributed by atoms with Crippen molar-refractivity contribution >= 4 is 6.09 Å². The lowest BCUT2D eigenvalue weighted by Gasteiger charge is -2.32. The molecule has 1 amide bonds. The molecule has 1 atom stereocenters. The first-order valence-electron chi connectivity index (χ1n) is 9.02. The zero-order valence-electron chi connectivity index (χ0n) is 14.3. The number of fused-ring (bicyclic) bond motifs is 3. The second-order valence-corrected chi connectivity index (χ2v) is 6.92. The second-order valence-electron chi connectivity index (χ2n) is 6.92. The van der Waals surface area contributed by atoms with E-state index in [0.717, 1.165) is 12.8 Å². The van der Waals surface area contributed by atoms with E-state index in [-0.39, 0.29) is 18.1 Å². The van der Waals surface area contributed by atoms with Gasteiger partial charge in [0.15, 0.2) is 0 Å². The van der Waals surface area contributed by atoms with Crippen LogP contribution in [-0.4, -0.2) is 18.7 Å². The van der Waals surface area contributed by atoms with Crippen LogP contribution >= 0.6 is 0 Å². The molecule has 1 unspecified atom stereocenters. The summed E-state index contributed by atoms with van der Waals surface area (Å²) in [5.74, 6) is 0.613. The second kappa shape index (κ2) is 6.75. The molecule has 0 aliphatic heterocycles. The van der Waals surface area contributed by atoms with Crippen molar-refractivity contribution in [2.24, 2.45) is 5.92 Å². The van der Waals surface area contributed by atoms with Crippen LogP contribution in [-0.2, 0) is 4.74 Å². The molecule has 25 heavy (non-hydrogen) atoms. The summed E-state index contributed by atoms with van der Waals surface area (Å²) in [5.41, 5.74) is 4.95. The van der Waals surface area contributed by atoms with Crippen molar-refractivity contribution in [2.75, 3.05) is 6.61 Å². The molecular weight excluding hydrogens is 310 g/mol. The van der Waals surface area contributed by atoms with E-state index in [1.807, 2.05) is 18.2 Å². The van der Waals surface area contributed by atoms with Gasteiger partial charge in [-0.05, 0) is 41.0 Å². The Kier molecular flexibility index (Phi) is 4.31. The molecular formula is C22H23NO2. The van der Waals surface area contributed by atoms with Crippen molar-refractivity contribution < 1.29 is 9.53 Å². The number of ether oxygens (including phenoxy) is 1. The van der Waals surface area contributed by atoms with Crippen LogP contribution in [0.2, 0.25) is 0 Å². The molecule has 1 fully saturated rings. The highest BCUT2D eigenvalue weighted by molar-refractivity contribution is 5.79. The monoisotopic (exact) mass is 333 g/mol. The number of carbonyl (C=O) groups is 1. The van der Waals surface area contributed by atoms with E-state index in [0.29, 0.717) is 12.5 Å². The number of rotatable bonds is 5. The number of alkyl carbamates (subject to hydrolysis) is 1. The van der Waals surface area contributed by atoms with Gasteiger partial charge in [-0.15, -0.1) is 6.58 Å². The highest BCUT2D eigenvalue weighted by Gasteiger charge is 2.30. The van der Waals surface area contributed by atoms with Gasteiger partial charge in [0.25, 0.3) is 0 Å². The van der Waals surface area contributed by atoms with Crippen LogP contribution in [0.4, 0.5) is 4.79 Å². The minimum atomic E-state index is -0.348. The van der Waals surface area contributed by atoms with Gasteiger partial charge in [-0.2, -0.15) is 0 Å². The van der Waals surface area contributed by atoms with Gasteiger partial charge in [0.05, 0.1) is 6.04 Å². The Bertz CT molecular complexity index is 749. The van der Waals surface area contributed by atoms with Gasteiger partial charge in [-0.1, -0.05) is 61.0 Å². The number of hydrogen-bond acceptors (Lipinski definition) is 2. The normalized spacial score (nSPS) is 17.1. The maximum absolute atomic E-state index is 12.3. The van der Waals surface area contributed by atoms with Crippen molar-refractivity contribution in [3.63, 3.8) is 0 Å². The molecule has 0 radical (unpaired) electrons. The molecule has 1 N–H and O–H groups in total. The van der Waals surface area contributed by atoms with Gasteiger partial charge in [0.2, 0.25) is 0 Å². The average molecular weight is 333 g/mol. The third-order valence-corrected chi connectivity index (χ3v) is 5.54. The summed E-state index contributed by atoms with van der Waals surface area (Å²) in [6, 6.07) is 16.7. The summed E-state index contributed by atoms with van der Waals surface area (Å²) in [7, 11) is 0. The molecule has 3 nitrogen and oxygen atoms in total. The van der Waals surface area contributed by atoms with E-state index in [1.165, 1.54) is 28.7 Å². The zero-order valence-corrected chi connectivity index (χ0v) is 14.3. The van der Waals surface area contributed by atoms with Gasteiger partial charge >= 0.3 is 6.09 Å². The third kappa shape index (κ3) is 2.95. The Balaban J connectivity index is 1.46. The Morgan fingerprint density at radius 1 is 1.12 bits per heavy atom. The first kappa shape index (κ1) is 15.9. The standard InChI is InChI=1S/C22H23NO2/c1-2-21(15-8-7-9-15)23-22(24)25-14-20-18-12-5-3-10-16(18)17-11-4-6-13-19(17)20/h2-6,10-13,15,20-21H,1,7-9,14H2,(H,23,24). The minimum absolute atomic E-state index is 0.0180. The lowest BCUT2D eigenvalue weighted by molar-refractivity contribution is 0.133. The molecule has 2 aromatic carbocycles. The summed E-state index contributed by atoms with van der Waals surface area (Å²) in [5, 5.41) is 2.96. The molecule has 0 heterocycles. The topological polar surface area (TPSA) is 38.3 Å². The van der Waals surface area contributed by atoms with Crippen LogP contribution in [0.5, 0.6) is 0 Å². The Hall–Kier alpha value is -2.55. The lowest BCUT2D eigenvalue weighted by Crippen LogP contribution is -2.42. The van der Waals surface area contributed by atoms with Crippen LogP contribution < -0.4 is 5.32 Å². The van der Waals surface area contributed by atoms with E-state index < -0.39 is 0 Å². The molecule has 0 saturated heterocycles. The van der Waals surface area contributed by atoms with Gasteiger partial charge in [-0.25, -0.2) is 4.79 Å². The molecule has 128 valence electrons. The van der Waals surface area contributed by atoms with Crippen molar-refractivity contribution in [1.82, 2.24) is 5.32 Å². The molecule has 1 saturated carbocycles. The molecule has 2 aromatic rings. The van der Waals surface area contributed by atoms with Crippen LogP contribution in [0, 0.1) is 5.92 Å². The van der Waals surface area contributed by atoms with E-state index in [9.17, 15) is 4.79 Å². The predicted octanol–water partition coefficient (Wildman–Crippen LogP) is 4.88. The Morgan fingerprint density at radius 3 is 2.24 bits per heavy atom. The van der Waals surface area contributed by atoms with Gasteiger partial charge in [0.1, 0.15) is 6.61 Å². The van der Waals surface area contributed by atoms with Crippen LogP contribution in [0.15, 0.2) is 61.2 Å². The van der Waals surface area contributed by atoms with Crippen LogP contribution in [0.3, 0.4) is 0 Å². The van der Waals surface area contributed by atoms with Crippen LogP contribution in [0.25, 0.3) is 11.1 Å². The molecule has 4 rings (SSSR count). The van der Waals surface area contributed by atoms with Crippen molar-refractivity contribution in [3.8, 4) is 11.1 Å². The number of amides is 1. The van der Waals surface area contributed by atoms with Crippen LogP contribution in [0.1, 0.15) is 36.3 Å². The maximum atomic E-state index is 12.3. The summed E-state index contributed by atoms with van der Waals surface area (Å²) in [4.78, 5) is 12.3. The number of benzene rings is 2. The molecule has 0 spiro atoms. The highest BCUT2D eigenvalue weighted by Crippen LogP contribution is 2.44.